The van der Waals surface area contributed by atoms with Crippen LogP contribution < -0.4 is 14.8 Å². The van der Waals surface area contributed by atoms with E-state index in [1.807, 2.05) is 18.2 Å². The molecule has 0 fully saturated rings. The van der Waals surface area contributed by atoms with Crippen molar-refractivity contribution >= 4 is 23.3 Å². The highest BCUT2D eigenvalue weighted by molar-refractivity contribution is 5.96. The number of hydrogen-bond donors (Lipinski definition) is 1. The van der Waals surface area contributed by atoms with Crippen molar-refractivity contribution in [2.75, 3.05) is 19.5 Å². The molecule has 0 aliphatic heterocycles. The van der Waals surface area contributed by atoms with E-state index in [0.29, 0.717) is 12.2 Å². The van der Waals surface area contributed by atoms with Crippen molar-refractivity contribution < 1.29 is 28.7 Å². The number of nitrogens with one attached hydrogen (secondary N) is 1. The molecule has 0 bridgehead atoms. The summed E-state index contributed by atoms with van der Waals surface area (Å²) in [7, 11) is 2.88. The number of rotatable bonds is 9. The zero-order chi connectivity index (χ0) is 21.4. The van der Waals surface area contributed by atoms with Crippen LogP contribution in [-0.4, -0.2) is 37.1 Å². The van der Waals surface area contributed by atoms with Gasteiger partial charge >= 0.3 is 5.97 Å². The van der Waals surface area contributed by atoms with E-state index >= 15 is 0 Å². The molecule has 0 aliphatic carbocycles. The van der Waals surface area contributed by atoms with Gasteiger partial charge in [-0.25, -0.2) is 0 Å². The van der Waals surface area contributed by atoms with Crippen molar-refractivity contribution in [3.63, 3.8) is 0 Å². The molecule has 0 saturated heterocycles. The van der Waals surface area contributed by atoms with Gasteiger partial charge in [0.1, 0.15) is 11.5 Å². The summed E-state index contributed by atoms with van der Waals surface area (Å²) < 4.78 is 15.5. The highest BCUT2D eigenvalue weighted by atomic mass is 16.6. The van der Waals surface area contributed by atoms with Crippen LogP contribution in [0.5, 0.6) is 11.5 Å². The normalized spacial score (nSPS) is 11.3. The molecule has 0 aromatic heterocycles. The molecule has 2 aromatic carbocycles. The lowest BCUT2D eigenvalue weighted by Crippen LogP contribution is -2.30. The molecular weight excluding hydrogens is 380 g/mol. The number of amides is 1. The Morgan fingerprint density at radius 2 is 1.79 bits per heavy atom. The van der Waals surface area contributed by atoms with Crippen molar-refractivity contribution in [1.82, 2.24) is 0 Å². The largest absolute Gasteiger partial charge is 0.496 e. The number of benzene rings is 2. The molecule has 154 valence electrons. The molecule has 1 amide bonds. The maximum Gasteiger partial charge on any atom is 0.306 e. The predicted molar refractivity (Wildman–Crippen MR) is 105 cm³/mol. The Hall–Kier alpha value is -3.62. The number of non-ortho nitro benzene ring substituents is 1. The van der Waals surface area contributed by atoms with Crippen molar-refractivity contribution in [3.8, 4) is 11.5 Å². The van der Waals surface area contributed by atoms with Crippen LogP contribution in [0.2, 0.25) is 0 Å². The molecule has 9 heteroatoms. The third-order valence-corrected chi connectivity index (χ3v) is 4.12. The number of aryl methyl sites for hydroxylation is 1. The number of esters is 1. The standard InChI is InChI=1S/C20H22N2O7/c1-13(29-19(23)11-8-14-6-4-5-7-17(14)27-2)20(24)21-16-10-9-15(22(25)26)12-18(16)28-3/h4-7,9-10,12-13H,8,11H2,1-3H3,(H,21,24)/t13-/m1/s1. The average molecular weight is 402 g/mol. The average Bonchev–Trinajstić information content (AvgIpc) is 2.72. The van der Waals surface area contributed by atoms with Crippen molar-refractivity contribution in [2.45, 2.75) is 25.9 Å². The van der Waals surface area contributed by atoms with Crippen LogP contribution in [0.3, 0.4) is 0 Å². The molecule has 1 N–H and O–H groups in total. The molecule has 9 nitrogen and oxygen atoms in total. The molecular formula is C20H22N2O7. The lowest BCUT2D eigenvalue weighted by atomic mass is 10.1. The Kier molecular flexibility index (Phi) is 7.53. The summed E-state index contributed by atoms with van der Waals surface area (Å²) in [5.41, 5.74) is 0.926. The molecule has 0 unspecified atom stereocenters. The fourth-order valence-corrected chi connectivity index (χ4v) is 2.59. The zero-order valence-electron chi connectivity index (χ0n) is 16.3. The number of methoxy groups -OCH3 is 2. The monoisotopic (exact) mass is 402 g/mol. The second-order valence-corrected chi connectivity index (χ2v) is 6.07. The Labute approximate surface area is 167 Å². The van der Waals surface area contributed by atoms with E-state index < -0.39 is 22.9 Å². The number of para-hydroxylation sites is 1. The smallest absolute Gasteiger partial charge is 0.306 e. The molecule has 0 radical (unpaired) electrons. The molecule has 2 aromatic rings. The van der Waals surface area contributed by atoms with Crippen LogP contribution in [0.15, 0.2) is 42.5 Å². The number of nitro groups is 1. The van der Waals surface area contributed by atoms with Gasteiger partial charge in [0, 0.05) is 12.5 Å². The van der Waals surface area contributed by atoms with E-state index in [0.717, 1.165) is 5.56 Å². The number of carbonyl (C=O) groups is 2. The first kappa shape index (κ1) is 21.7. The molecule has 0 saturated carbocycles. The minimum Gasteiger partial charge on any atom is -0.496 e. The first-order chi connectivity index (χ1) is 13.8. The summed E-state index contributed by atoms with van der Waals surface area (Å²) >= 11 is 0. The van der Waals surface area contributed by atoms with Crippen molar-refractivity contribution in [3.05, 3.63) is 58.1 Å². The first-order valence-electron chi connectivity index (χ1n) is 8.80. The maximum atomic E-state index is 12.3. The fourth-order valence-electron chi connectivity index (χ4n) is 2.59. The fraction of sp³-hybridized carbons (Fsp3) is 0.300. The van der Waals surface area contributed by atoms with Gasteiger partial charge in [-0.3, -0.25) is 19.7 Å². The second kappa shape index (κ2) is 10.1. The molecule has 0 aliphatic rings. The number of hydrogen-bond acceptors (Lipinski definition) is 7. The minimum atomic E-state index is -1.06. The van der Waals surface area contributed by atoms with E-state index in [1.54, 1.807) is 13.2 Å². The third kappa shape index (κ3) is 5.93. The highest BCUT2D eigenvalue weighted by Crippen LogP contribution is 2.29. The summed E-state index contributed by atoms with van der Waals surface area (Å²) in [6.07, 6.45) is -0.563. The minimum absolute atomic E-state index is 0.0822. The van der Waals surface area contributed by atoms with Gasteiger partial charge in [-0.2, -0.15) is 0 Å². The quantitative estimate of drug-likeness (QED) is 0.389. The molecule has 0 heterocycles. The van der Waals surface area contributed by atoms with E-state index in [1.165, 1.54) is 32.2 Å². The van der Waals surface area contributed by atoms with Gasteiger partial charge < -0.3 is 19.5 Å². The van der Waals surface area contributed by atoms with Gasteiger partial charge in [-0.1, -0.05) is 18.2 Å². The Morgan fingerprint density at radius 1 is 1.10 bits per heavy atom. The number of anilines is 1. The summed E-state index contributed by atoms with van der Waals surface area (Å²) in [6.45, 7) is 1.44. The van der Waals surface area contributed by atoms with E-state index in [4.69, 9.17) is 14.2 Å². The van der Waals surface area contributed by atoms with Gasteiger partial charge in [-0.05, 0) is 31.0 Å². The van der Waals surface area contributed by atoms with Gasteiger partial charge in [0.2, 0.25) is 0 Å². The summed E-state index contributed by atoms with van der Waals surface area (Å²) in [5, 5.41) is 13.4. The van der Waals surface area contributed by atoms with Gasteiger partial charge in [0.15, 0.2) is 6.10 Å². The van der Waals surface area contributed by atoms with Crippen molar-refractivity contribution in [1.29, 1.82) is 0 Å². The van der Waals surface area contributed by atoms with Crippen molar-refractivity contribution in [2.24, 2.45) is 0 Å². The van der Waals surface area contributed by atoms with E-state index in [-0.39, 0.29) is 23.5 Å². The highest BCUT2D eigenvalue weighted by Gasteiger charge is 2.20. The van der Waals surface area contributed by atoms with Crippen LogP contribution in [0.1, 0.15) is 18.9 Å². The van der Waals surface area contributed by atoms with E-state index in [9.17, 15) is 19.7 Å². The van der Waals surface area contributed by atoms with Crippen LogP contribution in [0.4, 0.5) is 11.4 Å². The van der Waals surface area contributed by atoms with Crippen LogP contribution in [-0.2, 0) is 20.7 Å². The Morgan fingerprint density at radius 3 is 2.45 bits per heavy atom. The Balaban J connectivity index is 1.93. The molecule has 2 rings (SSSR count). The van der Waals surface area contributed by atoms with Gasteiger partial charge in [-0.15, -0.1) is 0 Å². The third-order valence-electron chi connectivity index (χ3n) is 4.12. The van der Waals surface area contributed by atoms with Gasteiger partial charge in [0.05, 0.1) is 30.9 Å². The lowest BCUT2D eigenvalue weighted by Gasteiger charge is -2.15. The number of carbonyl (C=O) groups excluding carboxylic acids is 2. The molecule has 1 atom stereocenters. The first-order valence-corrected chi connectivity index (χ1v) is 8.80. The summed E-state index contributed by atoms with van der Waals surface area (Å²) in [4.78, 5) is 34.7. The number of nitrogens with zero attached hydrogens (tertiary/aromatic N) is 1. The van der Waals surface area contributed by atoms with E-state index in [2.05, 4.69) is 5.32 Å². The van der Waals surface area contributed by atoms with Crippen LogP contribution in [0.25, 0.3) is 0 Å². The summed E-state index contributed by atoms with van der Waals surface area (Å²) in [5.74, 6) is -0.310. The summed E-state index contributed by atoms with van der Waals surface area (Å²) in [6, 6.07) is 11.1. The van der Waals surface area contributed by atoms with Crippen LogP contribution >= 0.6 is 0 Å². The lowest BCUT2D eigenvalue weighted by molar-refractivity contribution is -0.384. The Bertz CT molecular complexity index is 898. The molecule has 29 heavy (non-hydrogen) atoms. The maximum absolute atomic E-state index is 12.3. The van der Waals surface area contributed by atoms with Crippen LogP contribution in [0, 0.1) is 10.1 Å². The number of ether oxygens (including phenoxy) is 3. The zero-order valence-corrected chi connectivity index (χ0v) is 16.3. The second-order valence-electron chi connectivity index (χ2n) is 6.07. The predicted octanol–water partition coefficient (Wildman–Crippen LogP) is 3.12. The topological polar surface area (TPSA) is 117 Å². The number of nitro benzene ring substituents is 1. The molecule has 0 spiro atoms. The SMILES string of the molecule is COc1ccccc1CCC(=O)O[C@H](C)C(=O)Nc1ccc([N+](=O)[O-])cc1OC. The van der Waals surface area contributed by atoms with Gasteiger partial charge in [0.25, 0.3) is 11.6 Å².